The summed E-state index contributed by atoms with van der Waals surface area (Å²) in [6, 6.07) is 16.9. The highest BCUT2D eigenvalue weighted by Gasteiger charge is 2.23. The molecule has 4 bridgehead atoms. The first kappa shape index (κ1) is 38.4. The van der Waals surface area contributed by atoms with Crippen LogP contribution in [0.25, 0.3) is 11.4 Å². The van der Waals surface area contributed by atoms with Crippen molar-refractivity contribution in [2.75, 3.05) is 26.7 Å². The smallest absolute Gasteiger partial charge is 0.251 e. The van der Waals surface area contributed by atoms with Crippen LogP contribution >= 0.6 is 0 Å². The molecule has 0 spiro atoms. The topological polar surface area (TPSA) is 183 Å². The van der Waals surface area contributed by atoms with E-state index in [9.17, 15) is 19.2 Å². The van der Waals surface area contributed by atoms with Crippen molar-refractivity contribution in [2.45, 2.75) is 64.7 Å². The predicted octanol–water partition coefficient (Wildman–Crippen LogP) is 3.86. The maximum absolute atomic E-state index is 15.1. The lowest BCUT2D eigenvalue weighted by Gasteiger charge is -2.24. The van der Waals surface area contributed by atoms with E-state index in [2.05, 4.69) is 26.0 Å². The minimum atomic E-state index is -0.805. The molecule has 0 fully saturated rings. The number of halogens is 1. The van der Waals surface area contributed by atoms with Crippen LogP contribution in [0.1, 0.15) is 67.3 Å². The molecule has 1 aromatic heterocycles. The van der Waals surface area contributed by atoms with Gasteiger partial charge in [-0.1, -0.05) is 43.3 Å². The van der Waals surface area contributed by atoms with Gasteiger partial charge in [-0.3, -0.25) is 19.2 Å². The molecule has 0 radical (unpaired) electrons. The van der Waals surface area contributed by atoms with Gasteiger partial charge in [-0.2, -0.15) is 5.10 Å². The highest BCUT2D eigenvalue weighted by atomic mass is 19.1. The summed E-state index contributed by atoms with van der Waals surface area (Å²) in [4.78, 5) is 59.1. The Labute approximate surface area is 307 Å². The van der Waals surface area contributed by atoms with Gasteiger partial charge in [0.1, 0.15) is 18.4 Å². The summed E-state index contributed by atoms with van der Waals surface area (Å²) in [6.45, 7) is 4.14. The highest BCUT2D eigenvalue weighted by molar-refractivity contribution is 5.95. The number of hydrogen-bond donors (Lipinski definition) is 4. The van der Waals surface area contributed by atoms with E-state index in [4.69, 9.17) is 15.2 Å². The van der Waals surface area contributed by atoms with E-state index in [1.165, 1.54) is 30.0 Å². The molecule has 0 saturated heterocycles. The lowest BCUT2D eigenvalue weighted by Crippen LogP contribution is -2.46. The Hall–Kier alpha value is -5.83. The van der Waals surface area contributed by atoms with Crippen LogP contribution in [0.4, 0.5) is 4.39 Å². The van der Waals surface area contributed by atoms with E-state index in [-0.39, 0.29) is 68.0 Å². The largest absolute Gasteiger partial charge is 0.493 e. The first-order valence-corrected chi connectivity index (χ1v) is 17.6. The Balaban J connectivity index is 1.36. The number of nitrogens with one attached hydrogen (secondary N) is 3. The number of carbonyl (C=O) groups excluding carboxylic acids is 4. The number of amides is 4. The Morgan fingerprint density at radius 1 is 1.02 bits per heavy atom. The van der Waals surface area contributed by atoms with Crippen molar-refractivity contribution in [1.29, 1.82) is 0 Å². The minimum Gasteiger partial charge on any atom is -0.493 e. The number of benzene rings is 3. The second kappa shape index (κ2) is 18.1. The average Bonchev–Trinajstić information content (AvgIpc) is 3.58. The van der Waals surface area contributed by atoms with E-state index in [1.807, 2.05) is 30.3 Å². The monoisotopic (exact) mass is 728 g/mol. The van der Waals surface area contributed by atoms with Crippen LogP contribution in [-0.2, 0) is 27.5 Å². The van der Waals surface area contributed by atoms with Gasteiger partial charge in [-0.05, 0) is 62.1 Å². The molecular weight excluding hydrogens is 683 g/mol. The van der Waals surface area contributed by atoms with Gasteiger partial charge in [0.15, 0.2) is 28.9 Å². The van der Waals surface area contributed by atoms with Gasteiger partial charge >= 0.3 is 0 Å². The van der Waals surface area contributed by atoms with Crippen LogP contribution in [-0.4, -0.2) is 76.1 Å². The zero-order chi connectivity index (χ0) is 37.9. The Kier molecular flexibility index (Phi) is 13.1. The van der Waals surface area contributed by atoms with Crippen molar-refractivity contribution < 1.29 is 33.0 Å². The molecule has 53 heavy (non-hydrogen) atoms. The summed E-state index contributed by atoms with van der Waals surface area (Å²) in [7, 11) is 1.43. The molecule has 280 valence electrons. The number of aromatic nitrogens is 3. The second-order valence-corrected chi connectivity index (χ2v) is 12.7. The van der Waals surface area contributed by atoms with Crippen molar-refractivity contribution in [1.82, 2.24) is 35.6 Å². The van der Waals surface area contributed by atoms with Crippen LogP contribution in [0.15, 0.2) is 66.7 Å². The fourth-order valence-corrected chi connectivity index (χ4v) is 5.80. The van der Waals surface area contributed by atoms with Crippen LogP contribution < -0.4 is 31.2 Å². The SMILES string of the molecule is CC[C@@H]1NC(=O)CCCN(C(=O)Cn2nc(-c3ccccc3)nc2[C@H](C)N)CCCNC(=O)c2ccc(OC)c(c2)Oc2ccc(cc2F)CNC1=O. The summed E-state index contributed by atoms with van der Waals surface area (Å²) < 4.78 is 27.8. The molecular formula is C38H45FN8O6. The molecule has 6 rings (SSSR count). The number of nitrogens with two attached hydrogens (primary N) is 1. The van der Waals surface area contributed by atoms with E-state index >= 15 is 4.39 Å². The van der Waals surface area contributed by atoms with E-state index in [0.29, 0.717) is 42.2 Å². The molecule has 2 atom stereocenters. The van der Waals surface area contributed by atoms with Crippen LogP contribution in [0.3, 0.4) is 0 Å². The van der Waals surface area contributed by atoms with Crippen LogP contribution in [0.2, 0.25) is 0 Å². The van der Waals surface area contributed by atoms with Gasteiger partial charge < -0.3 is 36.1 Å². The molecule has 15 heteroatoms. The second-order valence-electron chi connectivity index (χ2n) is 12.7. The van der Waals surface area contributed by atoms with E-state index < -0.39 is 29.7 Å². The molecule has 2 aliphatic heterocycles. The van der Waals surface area contributed by atoms with Gasteiger partial charge in [-0.15, -0.1) is 0 Å². The molecule has 2 aliphatic rings. The Morgan fingerprint density at radius 3 is 2.51 bits per heavy atom. The molecule has 0 aliphatic carbocycles. The van der Waals surface area contributed by atoms with Gasteiger partial charge in [-0.25, -0.2) is 14.1 Å². The summed E-state index contributed by atoms with van der Waals surface area (Å²) in [5.74, 6) is -0.899. The predicted molar refractivity (Wildman–Crippen MR) is 194 cm³/mol. The van der Waals surface area contributed by atoms with Crippen LogP contribution in [0, 0.1) is 5.82 Å². The van der Waals surface area contributed by atoms with Gasteiger partial charge in [0.05, 0.1) is 13.2 Å². The Bertz CT molecular complexity index is 1920. The fraction of sp³-hybridized carbons (Fsp3) is 0.368. The zero-order valence-corrected chi connectivity index (χ0v) is 30.1. The molecule has 4 aromatic rings. The third-order valence-corrected chi connectivity index (χ3v) is 8.67. The number of ether oxygens (including phenoxy) is 2. The number of methoxy groups -OCH3 is 1. The lowest BCUT2D eigenvalue weighted by atomic mass is 10.1. The summed E-state index contributed by atoms with van der Waals surface area (Å²) >= 11 is 0. The van der Waals surface area contributed by atoms with E-state index in [0.717, 1.165) is 5.56 Å². The number of nitrogens with zero attached hydrogens (tertiary/aromatic N) is 4. The maximum Gasteiger partial charge on any atom is 0.251 e. The minimum absolute atomic E-state index is 0.0156. The lowest BCUT2D eigenvalue weighted by molar-refractivity contribution is -0.133. The fourth-order valence-electron chi connectivity index (χ4n) is 5.80. The first-order chi connectivity index (χ1) is 25.6. The molecule has 5 N–H and O–H groups in total. The Morgan fingerprint density at radius 2 is 1.79 bits per heavy atom. The number of rotatable bonds is 6. The van der Waals surface area contributed by atoms with Crippen LogP contribution in [0.5, 0.6) is 17.2 Å². The van der Waals surface area contributed by atoms with Gasteiger partial charge in [0, 0.05) is 43.7 Å². The normalized spacial score (nSPS) is 16.9. The standard InChI is InChI=1S/C38H45FN8O6/c1-4-29-38(51)42-22-25-13-15-30(28(39)20-25)53-32-21-27(14-16-31(32)52-3)37(50)41-17-9-19-46(18-8-12-33(48)43-29)34(49)23-47-36(24(2)40)44-35(45-47)26-10-6-5-7-11-26/h5-7,10-11,13-16,20-21,24,29H,4,8-9,12,17-19,22-23,40H2,1-3H3,(H,41,50)(H,42,51)(H,43,48)/t24-,29-/m0/s1. The van der Waals surface area contributed by atoms with Crippen molar-refractivity contribution in [3.63, 3.8) is 0 Å². The number of carbonyl (C=O) groups is 4. The molecule has 3 heterocycles. The third kappa shape index (κ3) is 10.2. The number of hydrogen-bond acceptors (Lipinski definition) is 9. The zero-order valence-electron chi connectivity index (χ0n) is 30.1. The molecule has 4 amide bonds. The van der Waals surface area contributed by atoms with Crippen molar-refractivity contribution in [2.24, 2.45) is 5.73 Å². The van der Waals surface area contributed by atoms with Gasteiger partial charge in [0.25, 0.3) is 5.91 Å². The average molecular weight is 729 g/mol. The number of fused-ring (bicyclic) bond motifs is 16. The van der Waals surface area contributed by atoms with Crippen molar-refractivity contribution in [3.8, 4) is 28.6 Å². The third-order valence-electron chi connectivity index (χ3n) is 8.67. The van der Waals surface area contributed by atoms with E-state index in [1.54, 1.807) is 36.9 Å². The molecule has 0 saturated carbocycles. The summed E-state index contributed by atoms with van der Waals surface area (Å²) in [5.41, 5.74) is 7.73. The van der Waals surface area contributed by atoms with Crippen molar-refractivity contribution >= 4 is 23.6 Å². The molecule has 0 unspecified atom stereocenters. The summed E-state index contributed by atoms with van der Waals surface area (Å²) in [5, 5.41) is 13.0. The quantitative estimate of drug-likeness (QED) is 0.229. The highest BCUT2D eigenvalue weighted by Crippen LogP contribution is 2.34. The van der Waals surface area contributed by atoms with Crippen molar-refractivity contribution in [3.05, 3.63) is 89.5 Å². The molecule has 3 aromatic carbocycles. The summed E-state index contributed by atoms with van der Waals surface area (Å²) in [6.07, 6.45) is 1.10. The maximum atomic E-state index is 15.1. The first-order valence-electron chi connectivity index (χ1n) is 17.6. The van der Waals surface area contributed by atoms with Gasteiger partial charge in [0.2, 0.25) is 17.7 Å². The molecule has 14 nitrogen and oxygen atoms in total.